The Morgan fingerprint density at radius 1 is 1.18 bits per heavy atom. The Bertz CT molecular complexity index is 855. The van der Waals surface area contributed by atoms with E-state index in [1.165, 1.54) is 0 Å². The van der Waals surface area contributed by atoms with E-state index in [0.717, 1.165) is 11.9 Å². The van der Waals surface area contributed by atoms with E-state index in [2.05, 4.69) is 20.6 Å². The number of alkyl carbamates (subject to hydrolysis) is 1. The Hall–Kier alpha value is -2.40. The number of nitrogens with one attached hydrogen (secondary N) is 2. The van der Waals surface area contributed by atoms with Gasteiger partial charge < -0.3 is 29.6 Å². The number of aromatic nitrogens is 2. The van der Waals surface area contributed by atoms with Crippen molar-refractivity contribution >= 4 is 30.5 Å². The second-order valence-corrected chi connectivity index (χ2v) is 10.7. The first kappa shape index (κ1) is 25.2. The fourth-order valence-electron chi connectivity index (χ4n) is 3.53. The van der Waals surface area contributed by atoms with Crippen LogP contribution in [0.5, 0.6) is 0 Å². The summed E-state index contributed by atoms with van der Waals surface area (Å²) < 4.78 is 17.3. The van der Waals surface area contributed by atoms with Crippen molar-refractivity contribution in [2.75, 3.05) is 18.0 Å². The molecule has 2 N–H and O–H groups in total. The van der Waals surface area contributed by atoms with Gasteiger partial charge in [0.05, 0.1) is 11.2 Å². The van der Waals surface area contributed by atoms with Crippen LogP contribution in [0.3, 0.4) is 0 Å². The van der Waals surface area contributed by atoms with E-state index >= 15 is 0 Å². The molecule has 1 aromatic rings. The molecule has 0 aliphatic carbocycles. The van der Waals surface area contributed by atoms with Crippen molar-refractivity contribution in [1.82, 2.24) is 20.6 Å². The number of amides is 2. The highest BCUT2D eigenvalue weighted by molar-refractivity contribution is 6.61. The quantitative estimate of drug-likeness (QED) is 0.633. The number of carbonyl (C=O) groups excluding carboxylic acids is 2. The summed E-state index contributed by atoms with van der Waals surface area (Å²) in [6.45, 7) is 16.3. The summed E-state index contributed by atoms with van der Waals surface area (Å²) in [5.74, 6) is 0.330. The summed E-state index contributed by atoms with van der Waals surface area (Å²) >= 11 is 0. The molecule has 2 saturated heterocycles. The van der Waals surface area contributed by atoms with Crippen LogP contribution in [-0.2, 0) is 18.8 Å². The normalized spacial score (nSPS) is 22.7. The molecule has 0 saturated carbocycles. The van der Waals surface area contributed by atoms with Crippen LogP contribution < -0.4 is 21.0 Å². The molecule has 2 aliphatic heterocycles. The van der Waals surface area contributed by atoms with Crippen LogP contribution in [0.4, 0.5) is 10.7 Å². The van der Waals surface area contributed by atoms with Crippen LogP contribution in [0, 0.1) is 0 Å². The largest absolute Gasteiger partial charge is 0.498 e. The van der Waals surface area contributed by atoms with Gasteiger partial charge in [-0.25, -0.2) is 14.8 Å². The predicted octanol–water partition coefficient (Wildman–Crippen LogP) is 1.38. The van der Waals surface area contributed by atoms with E-state index in [1.807, 2.05) is 32.6 Å². The van der Waals surface area contributed by atoms with Gasteiger partial charge in [0.15, 0.2) is 0 Å². The van der Waals surface area contributed by atoms with Crippen LogP contribution in [0.2, 0.25) is 0 Å². The maximum Gasteiger partial charge on any atom is 0.498 e. The lowest BCUT2D eigenvalue weighted by Crippen LogP contribution is -2.49. The van der Waals surface area contributed by atoms with E-state index in [0.29, 0.717) is 19.0 Å². The molecule has 10 nitrogen and oxygen atoms in total. The summed E-state index contributed by atoms with van der Waals surface area (Å²) in [7, 11) is -0.506. The lowest BCUT2D eigenvalue weighted by molar-refractivity contribution is -0.123. The maximum atomic E-state index is 12.5. The smallest absolute Gasteiger partial charge is 0.444 e. The second kappa shape index (κ2) is 9.10. The Balaban J connectivity index is 1.51. The fourth-order valence-corrected chi connectivity index (χ4v) is 3.53. The zero-order chi connectivity index (χ0) is 24.6. The number of anilines is 1. The van der Waals surface area contributed by atoms with Crippen LogP contribution in [0.25, 0.3) is 0 Å². The lowest BCUT2D eigenvalue weighted by Gasteiger charge is -2.32. The molecule has 2 atom stereocenters. The summed E-state index contributed by atoms with van der Waals surface area (Å²) in [4.78, 5) is 35.4. The third kappa shape index (κ3) is 6.14. The van der Waals surface area contributed by atoms with Gasteiger partial charge in [0.25, 0.3) is 0 Å². The highest BCUT2D eigenvalue weighted by Crippen LogP contribution is 2.36. The van der Waals surface area contributed by atoms with Gasteiger partial charge in [0, 0.05) is 37.0 Å². The minimum absolute atomic E-state index is 0.0632. The van der Waals surface area contributed by atoms with Gasteiger partial charge in [0.1, 0.15) is 11.6 Å². The molecule has 1 aromatic heterocycles. The van der Waals surface area contributed by atoms with Gasteiger partial charge in [-0.3, -0.25) is 4.79 Å². The molecule has 0 radical (unpaired) electrons. The maximum absolute atomic E-state index is 12.5. The molecule has 2 amide bonds. The topological polar surface area (TPSA) is 115 Å². The molecule has 1 unspecified atom stereocenters. The van der Waals surface area contributed by atoms with E-state index in [-0.39, 0.29) is 11.9 Å². The summed E-state index contributed by atoms with van der Waals surface area (Å²) in [6.07, 6.45) is 3.59. The molecule has 0 spiro atoms. The standard InChI is InChI=1S/C22H36BN5O5/c1-14(26-19(30)31-20(2,3)4)17(29)27-16-9-10-28(13-16)18-24-11-15(12-25-18)23-32-21(5,6)22(7,8)33-23/h11-12,14,16H,9-10,13H2,1-8H3,(H,26,30)(H,27,29)/t14?,16-/m0/s1. The highest BCUT2D eigenvalue weighted by Gasteiger charge is 2.52. The van der Waals surface area contributed by atoms with Crippen LogP contribution >= 0.6 is 0 Å². The zero-order valence-electron chi connectivity index (χ0n) is 20.9. The van der Waals surface area contributed by atoms with Crippen LogP contribution in [0.1, 0.15) is 61.8 Å². The molecular formula is C22H36BN5O5. The van der Waals surface area contributed by atoms with E-state index < -0.39 is 36.1 Å². The molecule has 33 heavy (non-hydrogen) atoms. The van der Waals surface area contributed by atoms with Crippen molar-refractivity contribution in [3.8, 4) is 0 Å². The molecular weight excluding hydrogens is 425 g/mol. The Labute approximate surface area is 196 Å². The minimum Gasteiger partial charge on any atom is -0.444 e. The van der Waals surface area contributed by atoms with E-state index in [1.54, 1.807) is 40.1 Å². The van der Waals surface area contributed by atoms with E-state index in [9.17, 15) is 9.59 Å². The van der Waals surface area contributed by atoms with Crippen molar-refractivity contribution in [2.45, 2.75) is 90.7 Å². The number of hydrogen-bond acceptors (Lipinski definition) is 8. The first-order valence-electron chi connectivity index (χ1n) is 11.4. The molecule has 3 rings (SSSR count). The molecule has 3 heterocycles. The third-order valence-electron chi connectivity index (χ3n) is 6.13. The number of nitrogens with zero attached hydrogens (tertiary/aromatic N) is 3. The van der Waals surface area contributed by atoms with Crippen molar-refractivity contribution in [3.63, 3.8) is 0 Å². The Kier molecular flexibility index (Phi) is 6.96. The first-order chi connectivity index (χ1) is 15.2. The average Bonchev–Trinajstić information content (AvgIpc) is 3.22. The predicted molar refractivity (Wildman–Crippen MR) is 125 cm³/mol. The summed E-state index contributed by atoms with van der Waals surface area (Å²) in [5, 5.41) is 5.54. The second-order valence-electron chi connectivity index (χ2n) is 10.7. The van der Waals surface area contributed by atoms with Gasteiger partial charge >= 0.3 is 13.2 Å². The van der Waals surface area contributed by atoms with Gasteiger partial charge in [-0.1, -0.05) is 0 Å². The number of ether oxygens (including phenoxy) is 1. The third-order valence-corrected chi connectivity index (χ3v) is 6.13. The molecule has 2 aliphatic rings. The highest BCUT2D eigenvalue weighted by atomic mass is 16.7. The number of hydrogen-bond donors (Lipinski definition) is 2. The lowest BCUT2D eigenvalue weighted by atomic mass is 9.81. The Morgan fingerprint density at radius 3 is 2.30 bits per heavy atom. The fraction of sp³-hybridized carbons (Fsp3) is 0.727. The van der Waals surface area contributed by atoms with Crippen LogP contribution in [-0.4, -0.2) is 71.1 Å². The zero-order valence-corrected chi connectivity index (χ0v) is 20.9. The van der Waals surface area contributed by atoms with Crippen molar-refractivity contribution in [3.05, 3.63) is 12.4 Å². The average molecular weight is 461 g/mol. The molecule has 0 bridgehead atoms. The van der Waals surface area contributed by atoms with Crippen LogP contribution in [0.15, 0.2) is 12.4 Å². The number of carbonyl (C=O) groups is 2. The Morgan fingerprint density at radius 2 is 1.76 bits per heavy atom. The molecule has 182 valence electrons. The molecule has 11 heteroatoms. The first-order valence-corrected chi connectivity index (χ1v) is 11.4. The monoisotopic (exact) mass is 461 g/mol. The summed E-state index contributed by atoms with van der Waals surface area (Å²) in [6, 6.07) is -0.767. The van der Waals surface area contributed by atoms with Crippen molar-refractivity contribution < 1.29 is 23.6 Å². The van der Waals surface area contributed by atoms with Gasteiger partial charge in [0.2, 0.25) is 11.9 Å². The van der Waals surface area contributed by atoms with Gasteiger partial charge in [-0.2, -0.15) is 0 Å². The van der Waals surface area contributed by atoms with E-state index in [4.69, 9.17) is 14.0 Å². The van der Waals surface area contributed by atoms with Gasteiger partial charge in [-0.15, -0.1) is 0 Å². The minimum atomic E-state index is -0.704. The SMILES string of the molecule is CC(NC(=O)OC(C)(C)C)C(=O)N[C@H]1CCN(c2ncc(B3OC(C)(C)C(C)(C)O3)cn2)C1. The van der Waals surface area contributed by atoms with Gasteiger partial charge in [-0.05, 0) is 61.8 Å². The molecule has 2 fully saturated rings. The molecule has 0 aromatic carbocycles. The van der Waals surface area contributed by atoms with Crippen molar-refractivity contribution in [1.29, 1.82) is 0 Å². The van der Waals surface area contributed by atoms with Crippen molar-refractivity contribution in [2.24, 2.45) is 0 Å². The number of rotatable bonds is 5. The summed E-state index contributed by atoms with van der Waals surface area (Å²) in [5.41, 5.74) is -0.703.